The molecule has 0 fully saturated rings. The second-order valence-corrected chi connectivity index (χ2v) is 7.76. The van der Waals surface area contributed by atoms with Gasteiger partial charge in [0.05, 0.1) is 24.4 Å². The average Bonchev–Trinajstić information content (AvgIpc) is 3.01. The fourth-order valence-electron chi connectivity index (χ4n) is 2.97. The minimum absolute atomic E-state index is 0.149. The molecule has 0 saturated carbocycles. The Balaban J connectivity index is 2.01. The van der Waals surface area contributed by atoms with Crippen LogP contribution in [0.5, 0.6) is 5.75 Å². The highest BCUT2D eigenvalue weighted by atomic mass is 32.1. The van der Waals surface area contributed by atoms with Crippen LogP contribution in [0.25, 0.3) is 21.3 Å². The van der Waals surface area contributed by atoms with E-state index < -0.39 is 5.97 Å². The van der Waals surface area contributed by atoms with Gasteiger partial charge in [0.2, 0.25) is 0 Å². The molecule has 28 heavy (non-hydrogen) atoms. The minimum Gasteiger partial charge on any atom is -0.494 e. The molecule has 3 rings (SSSR count). The molecule has 1 atom stereocenters. The maximum atomic E-state index is 13.1. The van der Waals surface area contributed by atoms with Gasteiger partial charge in [-0.05, 0) is 44.9 Å². The van der Waals surface area contributed by atoms with Crippen molar-refractivity contribution in [3.8, 4) is 16.9 Å². The van der Waals surface area contributed by atoms with Crippen LogP contribution < -0.4 is 10.3 Å². The van der Waals surface area contributed by atoms with Gasteiger partial charge in [0.15, 0.2) is 0 Å². The first-order valence-corrected chi connectivity index (χ1v) is 10.2. The minimum atomic E-state index is -0.438. The van der Waals surface area contributed by atoms with Crippen LogP contribution in [0.4, 0.5) is 0 Å². The van der Waals surface area contributed by atoms with Crippen molar-refractivity contribution < 1.29 is 14.3 Å². The number of carbonyl (C=O) groups is 1. The molecule has 0 N–H and O–H groups in total. The number of hydrogen-bond acceptors (Lipinski definition) is 6. The van der Waals surface area contributed by atoms with E-state index in [1.165, 1.54) is 22.2 Å². The summed E-state index contributed by atoms with van der Waals surface area (Å²) < 4.78 is 12.1. The summed E-state index contributed by atoms with van der Waals surface area (Å²) in [5.41, 5.74) is 1.54. The third-order valence-electron chi connectivity index (χ3n) is 4.52. The van der Waals surface area contributed by atoms with Crippen LogP contribution in [-0.4, -0.2) is 28.2 Å². The van der Waals surface area contributed by atoms with E-state index >= 15 is 0 Å². The van der Waals surface area contributed by atoms with Crippen LogP contribution in [0, 0.1) is 6.92 Å². The molecule has 0 amide bonds. The topological polar surface area (TPSA) is 70.4 Å². The molecule has 1 aromatic carbocycles. The maximum absolute atomic E-state index is 13.1. The largest absolute Gasteiger partial charge is 0.494 e. The first-order chi connectivity index (χ1) is 13.4. The number of rotatable bonds is 7. The molecular formula is C21H24N2O4S. The maximum Gasteiger partial charge on any atom is 0.326 e. The van der Waals surface area contributed by atoms with Crippen LogP contribution in [0.2, 0.25) is 0 Å². The average molecular weight is 401 g/mol. The van der Waals surface area contributed by atoms with Gasteiger partial charge in [0.1, 0.15) is 17.1 Å². The van der Waals surface area contributed by atoms with Crippen LogP contribution in [0.1, 0.15) is 32.1 Å². The molecule has 3 aromatic rings. The predicted octanol–water partition coefficient (Wildman–Crippen LogP) is 4.17. The van der Waals surface area contributed by atoms with Crippen LogP contribution in [-0.2, 0) is 16.1 Å². The summed E-state index contributed by atoms with van der Waals surface area (Å²) >= 11 is 1.47. The molecule has 0 aliphatic carbocycles. The molecule has 6 nitrogen and oxygen atoms in total. The molecule has 0 unspecified atom stereocenters. The number of nitrogens with zero attached hydrogens (tertiary/aromatic N) is 2. The lowest BCUT2D eigenvalue weighted by Gasteiger charge is -2.11. The van der Waals surface area contributed by atoms with Gasteiger partial charge in [-0.25, -0.2) is 4.98 Å². The fourth-order valence-corrected chi connectivity index (χ4v) is 3.97. The van der Waals surface area contributed by atoms with Gasteiger partial charge in [0.25, 0.3) is 5.56 Å². The van der Waals surface area contributed by atoms with Crippen LogP contribution in [0.15, 0.2) is 35.4 Å². The smallest absolute Gasteiger partial charge is 0.326 e. The number of hydrogen-bond donors (Lipinski definition) is 0. The molecule has 148 valence electrons. The highest BCUT2D eigenvalue weighted by Gasteiger charge is 2.18. The first kappa shape index (κ1) is 20.1. The molecule has 2 aromatic heterocycles. The molecule has 0 spiro atoms. The zero-order valence-corrected chi connectivity index (χ0v) is 17.3. The second kappa shape index (κ2) is 8.56. The molecule has 0 saturated heterocycles. The van der Waals surface area contributed by atoms with E-state index in [0.29, 0.717) is 16.8 Å². The Hall–Kier alpha value is -2.67. The Morgan fingerprint density at radius 2 is 1.96 bits per heavy atom. The summed E-state index contributed by atoms with van der Waals surface area (Å²) in [6.45, 7) is 8.12. The number of fused-ring (bicyclic) bond motifs is 1. The Kier molecular flexibility index (Phi) is 6.14. The number of carbonyl (C=O) groups excluding carboxylic acids is 1. The highest BCUT2D eigenvalue weighted by molar-refractivity contribution is 7.19. The second-order valence-electron chi connectivity index (χ2n) is 6.56. The first-order valence-electron chi connectivity index (χ1n) is 9.35. The van der Waals surface area contributed by atoms with Gasteiger partial charge in [-0.2, -0.15) is 0 Å². The monoisotopic (exact) mass is 400 g/mol. The van der Waals surface area contributed by atoms with Crippen LogP contribution >= 0.6 is 11.3 Å². The number of aryl methyl sites for hydroxylation is 1. The molecule has 7 heteroatoms. The number of ether oxygens (including phenoxy) is 2. The molecule has 0 aliphatic heterocycles. The van der Waals surface area contributed by atoms with Gasteiger partial charge >= 0.3 is 5.97 Å². The van der Waals surface area contributed by atoms with E-state index in [4.69, 9.17) is 9.47 Å². The lowest BCUT2D eigenvalue weighted by molar-refractivity contribution is -0.149. The van der Waals surface area contributed by atoms with Crippen molar-refractivity contribution in [3.63, 3.8) is 0 Å². The van der Waals surface area contributed by atoms with E-state index in [1.54, 1.807) is 0 Å². The lowest BCUT2D eigenvalue weighted by Crippen LogP contribution is -2.27. The zero-order chi connectivity index (χ0) is 20.3. The van der Waals surface area contributed by atoms with Crippen molar-refractivity contribution in [2.75, 3.05) is 6.61 Å². The third-order valence-corrected chi connectivity index (χ3v) is 5.53. The van der Waals surface area contributed by atoms with Crippen molar-refractivity contribution >= 4 is 27.5 Å². The van der Waals surface area contributed by atoms with E-state index in [2.05, 4.69) is 4.98 Å². The Labute approximate surface area is 167 Å². The summed E-state index contributed by atoms with van der Waals surface area (Å²) in [7, 11) is 0. The highest BCUT2D eigenvalue weighted by Crippen LogP contribution is 2.36. The Bertz CT molecular complexity index is 1040. The lowest BCUT2D eigenvalue weighted by atomic mass is 10.0. The SMILES string of the molecule is CCOc1ccc(-c2c(C)sc3ncn(CC(=O)O[C@H](C)CC)c(=O)c23)cc1. The Morgan fingerprint density at radius 1 is 1.25 bits per heavy atom. The normalized spacial score (nSPS) is 12.1. The van der Waals surface area contributed by atoms with Crippen molar-refractivity contribution in [2.45, 2.75) is 46.8 Å². The van der Waals surface area contributed by atoms with Gasteiger partial charge in [-0.1, -0.05) is 19.1 Å². The number of aromatic nitrogens is 2. The molecule has 0 aliphatic rings. The fraction of sp³-hybridized carbons (Fsp3) is 0.381. The Morgan fingerprint density at radius 3 is 2.61 bits per heavy atom. The van der Waals surface area contributed by atoms with E-state index in [0.717, 1.165) is 28.2 Å². The van der Waals surface area contributed by atoms with Gasteiger partial charge in [-0.3, -0.25) is 14.2 Å². The molecule has 2 heterocycles. The molecule has 0 bridgehead atoms. The predicted molar refractivity (Wildman–Crippen MR) is 111 cm³/mol. The standard InChI is InChI=1S/C21H24N2O4S/c1-5-13(3)27-17(24)11-23-12-22-20-19(21(23)25)18(14(4)28-20)15-7-9-16(10-8-15)26-6-2/h7-10,12-13H,5-6,11H2,1-4H3/t13-/m1/s1. The summed E-state index contributed by atoms with van der Waals surface area (Å²) in [5, 5.41) is 0.533. The summed E-state index contributed by atoms with van der Waals surface area (Å²) in [6, 6.07) is 7.65. The summed E-state index contributed by atoms with van der Waals surface area (Å²) in [6.07, 6.45) is 1.96. The number of thiophene rings is 1. The van der Waals surface area contributed by atoms with Crippen molar-refractivity contribution in [3.05, 3.63) is 45.8 Å². The van der Waals surface area contributed by atoms with Gasteiger partial charge in [0, 0.05) is 10.4 Å². The van der Waals surface area contributed by atoms with Crippen molar-refractivity contribution in [1.82, 2.24) is 9.55 Å². The quantitative estimate of drug-likeness (QED) is 0.557. The summed E-state index contributed by atoms with van der Waals surface area (Å²) in [5.74, 6) is 0.346. The van der Waals surface area contributed by atoms with E-state index in [9.17, 15) is 9.59 Å². The summed E-state index contributed by atoms with van der Waals surface area (Å²) in [4.78, 5) is 31.3. The molecular weight excluding hydrogens is 376 g/mol. The number of esters is 1. The van der Waals surface area contributed by atoms with Gasteiger partial charge < -0.3 is 9.47 Å². The molecule has 0 radical (unpaired) electrons. The zero-order valence-electron chi connectivity index (χ0n) is 16.5. The van der Waals surface area contributed by atoms with Crippen molar-refractivity contribution in [2.24, 2.45) is 0 Å². The van der Waals surface area contributed by atoms with Crippen LogP contribution in [0.3, 0.4) is 0 Å². The van der Waals surface area contributed by atoms with Gasteiger partial charge in [-0.15, -0.1) is 11.3 Å². The third kappa shape index (κ3) is 4.09. The van der Waals surface area contributed by atoms with Crippen molar-refractivity contribution in [1.29, 1.82) is 0 Å². The van der Waals surface area contributed by atoms with E-state index in [1.807, 2.05) is 52.0 Å². The number of benzene rings is 1. The van der Waals surface area contributed by atoms with E-state index in [-0.39, 0.29) is 18.2 Å².